The number of aryl methyl sites for hydroxylation is 2. The van der Waals surface area contributed by atoms with E-state index in [-0.39, 0.29) is 23.6 Å². The van der Waals surface area contributed by atoms with Crippen molar-refractivity contribution in [2.75, 3.05) is 19.6 Å². The summed E-state index contributed by atoms with van der Waals surface area (Å²) in [6, 6.07) is 16.2. The van der Waals surface area contributed by atoms with Gasteiger partial charge < -0.3 is 9.47 Å². The Hall–Kier alpha value is -3.32. The van der Waals surface area contributed by atoms with Gasteiger partial charge in [0.05, 0.1) is 10.4 Å². The molecule has 2 aromatic carbocycles. The van der Waals surface area contributed by atoms with E-state index in [9.17, 15) is 14.4 Å². The van der Waals surface area contributed by atoms with Crippen LogP contribution in [0.3, 0.4) is 0 Å². The molecule has 5 rings (SSSR count). The SMILES string of the molecule is CCc1cccc2c(/C=C3\SC(=O)N(CCCc4ccccc4)C3=O)cn(CC(=O)N3CCC(C)CC3)c12. The number of hydrogen-bond acceptors (Lipinski definition) is 4. The highest BCUT2D eigenvalue weighted by Crippen LogP contribution is 2.35. The monoisotopic (exact) mass is 529 g/mol. The Balaban J connectivity index is 1.36. The van der Waals surface area contributed by atoms with Crippen molar-refractivity contribution in [1.29, 1.82) is 0 Å². The number of rotatable bonds is 8. The van der Waals surface area contributed by atoms with E-state index in [1.807, 2.05) is 52.1 Å². The van der Waals surface area contributed by atoms with E-state index >= 15 is 0 Å². The van der Waals surface area contributed by atoms with Crippen molar-refractivity contribution in [2.45, 2.75) is 52.5 Å². The number of piperidine rings is 1. The lowest BCUT2D eigenvalue weighted by Gasteiger charge is -2.30. The van der Waals surface area contributed by atoms with Gasteiger partial charge in [0.1, 0.15) is 6.54 Å². The van der Waals surface area contributed by atoms with Crippen LogP contribution < -0.4 is 0 Å². The molecule has 0 aliphatic carbocycles. The number of hydrogen-bond donors (Lipinski definition) is 0. The van der Waals surface area contributed by atoms with E-state index in [4.69, 9.17) is 0 Å². The van der Waals surface area contributed by atoms with Gasteiger partial charge in [-0.25, -0.2) is 0 Å². The van der Waals surface area contributed by atoms with Crippen molar-refractivity contribution in [3.05, 3.63) is 76.3 Å². The molecule has 1 aromatic heterocycles. The van der Waals surface area contributed by atoms with Crippen LogP contribution in [0.25, 0.3) is 17.0 Å². The molecule has 3 amide bonds. The summed E-state index contributed by atoms with van der Waals surface area (Å²) in [7, 11) is 0. The number of benzene rings is 2. The summed E-state index contributed by atoms with van der Waals surface area (Å²) >= 11 is 1.00. The smallest absolute Gasteiger partial charge is 0.293 e. The second-order valence-electron chi connectivity index (χ2n) is 10.4. The minimum Gasteiger partial charge on any atom is -0.341 e. The summed E-state index contributed by atoms with van der Waals surface area (Å²) < 4.78 is 2.03. The third kappa shape index (κ3) is 5.58. The van der Waals surface area contributed by atoms with Gasteiger partial charge in [-0.15, -0.1) is 0 Å². The number of para-hydroxylation sites is 1. The molecule has 198 valence electrons. The number of carbonyl (C=O) groups excluding carboxylic acids is 3. The number of imide groups is 1. The fraction of sp³-hybridized carbons (Fsp3) is 0.387. The minimum atomic E-state index is -0.237. The molecule has 6 nitrogen and oxygen atoms in total. The second kappa shape index (κ2) is 11.6. The van der Waals surface area contributed by atoms with Crippen molar-refractivity contribution in [1.82, 2.24) is 14.4 Å². The maximum Gasteiger partial charge on any atom is 0.293 e. The first-order valence-corrected chi connectivity index (χ1v) is 14.4. The maximum absolute atomic E-state index is 13.2. The first-order chi connectivity index (χ1) is 18.4. The van der Waals surface area contributed by atoms with Crippen LogP contribution >= 0.6 is 11.8 Å². The van der Waals surface area contributed by atoms with Gasteiger partial charge in [0.15, 0.2) is 0 Å². The Morgan fingerprint density at radius 1 is 1.05 bits per heavy atom. The number of likely N-dealkylation sites (tertiary alicyclic amines) is 1. The number of amides is 3. The zero-order valence-corrected chi connectivity index (χ0v) is 23.0. The van der Waals surface area contributed by atoms with Crippen molar-refractivity contribution in [3.8, 4) is 0 Å². The first-order valence-electron chi connectivity index (χ1n) is 13.6. The predicted molar refractivity (Wildman–Crippen MR) is 154 cm³/mol. The number of thioether (sulfide) groups is 1. The van der Waals surface area contributed by atoms with Gasteiger partial charge in [-0.1, -0.05) is 62.4 Å². The molecule has 2 aliphatic rings. The Morgan fingerprint density at radius 2 is 1.82 bits per heavy atom. The van der Waals surface area contributed by atoms with E-state index in [1.165, 1.54) is 10.5 Å². The predicted octanol–water partition coefficient (Wildman–Crippen LogP) is 6.13. The molecular formula is C31H35N3O3S. The standard InChI is InChI=1S/C31H35N3O3S/c1-3-24-12-7-13-26-25(20-33(29(24)26)21-28(35)32-17-14-22(2)15-18-32)19-27-30(36)34(31(37)38-27)16-8-11-23-9-5-4-6-10-23/h4-7,9-10,12-13,19-20,22H,3,8,11,14-18,21H2,1-2H3/b27-19-. The molecule has 38 heavy (non-hydrogen) atoms. The van der Waals surface area contributed by atoms with E-state index in [0.29, 0.717) is 17.4 Å². The highest BCUT2D eigenvalue weighted by molar-refractivity contribution is 8.18. The summed E-state index contributed by atoms with van der Waals surface area (Å²) in [4.78, 5) is 42.9. The molecule has 2 aliphatic heterocycles. The maximum atomic E-state index is 13.2. The quantitative estimate of drug-likeness (QED) is 0.329. The molecule has 0 bridgehead atoms. The topological polar surface area (TPSA) is 62.6 Å². The third-order valence-corrected chi connectivity index (χ3v) is 8.59. The fourth-order valence-corrected chi connectivity index (χ4v) is 6.27. The average Bonchev–Trinajstić information content (AvgIpc) is 3.41. The third-order valence-electron chi connectivity index (χ3n) is 7.69. The molecule has 0 saturated carbocycles. The van der Waals surface area contributed by atoms with Crippen LogP contribution in [-0.2, 0) is 29.0 Å². The molecule has 7 heteroatoms. The second-order valence-corrected chi connectivity index (χ2v) is 11.4. The van der Waals surface area contributed by atoms with Crippen LogP contribution in [-0.4, -0.2) is 51.1 Å². The van der Waals surface area contributed by atoms with Gasteiger partial charge in [-0.2, -0.15) is 0 Å². The van der Waals surface area contributed by atoms with E-state index in [0.717, 1.165) is 79.0 Å². The van der Waals surface area contributed by atoms with Gasteiger partial charge >= 0.3 is 0 Å². The summed E-state index contributed by atoms with van der Waals surface area (Å²) in [6.45, 7) is 6.65. The fourth-order valence-electron chi connectivity index (χ4n) is 5.41. The van der Waals surface area contributed by atoms with Crippen LogP contribution in [0.15, 0.2) is 59.6 Å². The molecule has 2 saturated heterocycles. The first kappa shape index (κ1) is 26.3. The largest absolute Gasteiger partial charge is 0.341 e. The van der Waals surface area contributed by atoms with Gasteiger partial charge in [-0.05, 0) is 67.0 Å². The number of fused-ring (bicyclic) bond motifs is 1. The van der Waals surface area contributed by atoms with Gasteiger partial charge in [0.25, 0.3) is 11.1 Å². The van der Waals surface area contributed by atoms with E-state index in [2.05, 4.69) is 32.0 Å². The lowest BCUT2D eigenvalue weighted by molar-refractivity contribution is -0.133. The van der Waals surface area contributed by atoms with Crippen LogP contribution in [0, 0.1) is 5.92 Å². The average molecular weight is 530 g/mol. The molecular weight excluding hydrogens is 494 g/mol. The van der Waals surface area contributed by atoms with E-state index < -0.39 is 0 Å². The molecule has 0 atom stereocenters. The molecule has 0 radical (unpaired) electrons. The Labute approximate surface area is 228 Å². The number of nitrogens with zero attached hydrogens (tertiary/aromatic N) is 3. The summed E-state index contributed by atoms with van der Waals surface area (Å²) in [5, 5.41) is 0.780. The summed E-state index contributed by atoms with van der Waals surface area (Å²) in [5.74, 6) is 0.558. The molecule has 0 spiro atoms. The van der Waals surface area contributed by atoms with Crippen molar-refractivity contribution < 1.29 is 14.4 Å². The zero-order chi connectivity index (χ0) is 26.6. The molecule has 3 aromatic rings. The Kier molecular flexibility index (Phi) is 8.03. The number of carbonyl (C=O) groups is 3. The number of aromatic nitrogens is 1. The van der Waals surface area contributed by atoms with Gasteiger partial charge in [-0.3, -0.25) is 19.3 Å². The normalized spacial score (nSPS) is 17.8. The highest BCUT2D eigenvalue weighted by atomic mass is 32.2. The molecule has 3 heterocycles. The van der Waals surface area contributed by atoms with Crippen LogP contribution in [0.1, 0.15) is 49.8 Å². The lowest BCUT2D eigenvalue weighted by Crippen LogP contribution is -2.39. The summed E-state index contributed by atoms with van der Waals surface area (Å²) in [6.07, 6.45) is 8.28. The molecule has 2 fully saturated rings. The van der Waals surface area contributed by atoms with Gasteiger partial charge in [0, 0.05) is 36.8 Å². The highest BCUT2D eigenvalue weighted by Gasteiger charge is 2.35. The van der Waals surface area contributed by atoms with Crippen molar-refractivity contribution in [2.24, 2.45) is 5.92 Å². The molecule has 0 unspecified atom stereocenters. The Bertz CT molecular complexity index is 1370. The van der Waals surface area contributed by atoms with Crippen LogP contribution in [0.2, 0.25) is 0 Å². The van der Waals surface area contributed by atoms with Gasteiger partial charge in [0.2, 0.25) is 5.91 Å². The summed E-state index contributed by atoms with van der Waals surface area (Å²) in [5.41, 5.74) is 4.26. The Morgan fingerprint density at radius 3 is 2.55 bits per heavy atom. The van der Waals surface area contributed by atoms with Crippen LogP contribution in [0.4, 0.5) is 4.79 Å². The van der Waals surface area contributed by atoms with Crippen LogP contribution in [0.5, 0.6) is 0 Å². The molecule has 0 N–H and O–H groups in total. The van der Waals surface area contributed by atoms with Crippen molar-refractivity contribution in [3.63, 3.8) is 0 Å². The van der Waals surface area contributed by atoms with Crippen molar-refractivity contribution >= 4 is 45.8 Å². The lowest BCUT2D eigenvalue weighted by atomic mass is 9.99. The van der Waals surface area contributed by atoms with E-state index in [1.54, 1.807) is 0 Å². The zero-order valence-electron chi connectivity index (χ0n) is 22.2. The minimum absolute atomic E-state index is 0.130.